The van der Waals surface area contributed by atoms with Gasteiger partial charge in [0, 0.05) is 32.7 Å². The second-order valence-electron chi connectivity index (χ2n) is 6.97. The number of hydrogen-bond acceptors (Lipinski definition) is 3. The summed E-state index contributed by atoms with van der Waals surface area (Å²) in [5, 5.41) is 3.47. The van der Waals surface area contributed by atoms with Crippen molar-refractivity contribution in [3.63, 3.8) is 0 Å². The van der Waals surface area contributed by atoms with Crippen molar-refractivity contribution in [3.8, 4) is 0 Å². The van der Waals surface area contributed by atoms with Gasteiger partial charge < -0.3 is 19.9 Å². The Morgan fingerprint density at radius 2 is 2.14 bits per heavy atom. The molecule has 6 heteroatoms. The van der Waals surface area contributed by atoms with Gasteiger partial charge >= 0.3 is 0 Å². The van der Waals surface area contributed by atoms with Crippen LogP contribution in [0.3, 0.4) is 0 Å². The minimum atomic E-state index is 0. The molecule has 0 bridgehead atoms. The summed E-state index contributed by atoms with van der Waals surface area (Å²) in [6.07, 6.45) is 5.85. The Morgan fingerprint density at radius 3 is 2.73 bits per heavy atom. The zero-order chi connectivity index (χ0) is 14.7. The molecule has 2 heterocycles. The van der Waals surface area contributed by atoms with Crippen LogP contribution in [0, 0.1) is 5.41 Å². The zero-order valence-electron chi connectivity index (χ0n) is 14.0. The van der Waals surface area contributed by atoms with Crippen molar-refractivity contribution in [1.82, 2.24) is 15.1 Å². The van der Waals surface area contributed by atoms with Crippen molar-refractivity contribution in [2.24, 2.45) is 10.4 Å². The maximum atomic E-state index is 5.82. The van der Waals surface area contributed by atoms with Crippen LogP contribution < -0.4 is 5.32 Å². The number of nitrogens with zero attached hydrogens (tertiary/aromatic N) is 3. The molecule has 3 aliphatic rings. The predicted octanol–water partition coefficient (Wildman–Crippen LogP) is 1.78. The third-order valence-corrected chi connectivity index (χ3v) is 5.27. The van der Waals surface area contributed by atoms with Crippen LogP contribution in [0.2, 0.25) is 0 Å². The smallest absolute Gasteiger partial charge is 0.194 e. The van der Waals surface area contributed by atoms with Gasteiger partial charge in [-0.2, -0.15) is 0 Å². The molecular formula is C16H31IN4O. The molecule has 1 N–H and O–H groups in total. The van der Waals surface area contributed by atoms with Gasteiger partial charge in [-0.15, -0.1) is 24.0 Å². The van der Waals surface area contributed by atoms with Crippen molar-refractivity contribution in [2.75, 3.05) is 52.9 Å². The second-order valence-corrected chi connectivity index (χ2v) is 6.97. The number of nitrogens with one attached hydrogen (secondary N) is 1. The first-order valence-corrected chi connectivity index (χ1v) is 8.54. The molecule has 2 aliphatic heterocycles. The summed E-state index contributed by atoms with van der Waals surface area (Å²) >= 11 is 0. The topological polar surface area (TPSA) is 40.1 Å². The van der Waals surface area contributed by atoms with Crippen LogP contribution in [-0.2, 0) is 4.74 Å². The van der Waals surface area contributed by atoms with E-state index in [1.54, 1.807) is 0 Å². The van der Waals surface area contributed by atoms with Crippen LogP contribution >= 0.6 is 24.0 Å². The molecule has 3 fully saturated rings. The highest BCUT2D eigenvalue weighted by Crippen LogP contribution is 2.47. The van der Waals surface area contributed by atoms with E-state index in [1.807, 2.05) is 0 Å². The van der Waals surface area contributed by atoms with Crippen LogP contribution in [0.5, 0.6) is 0 Å². The molecule has 1 aliphatic carbocycles. The van der Waals surface area contributed by atoms with Gasteiger partial charge in [-0.25, -0.2) is 0 Å². The maximum absolute atomic E-state index is 5.82. The number of guanidine groups is 1. The minimum Gasteiger partial charge on any atom is -0.374 e. The van der Waals surface area contributed by atoms with Gasteiger partial charge in [-0.1, -0.05) is 6.42 Å². The molecule has 1 saturated carbocycles. The molecule has 0 aromatic carbocycles. The number of aliphatic imine (C=N–C) groups is 1. The van der Waals surface area contributed by atoms with E-state index >= 15 is 0 Å². The Bertz CT molecular complexity index is 386. The second kappa shape index (κ2) is 8.15. The van der Waals surface area contributed by atoms with E-state index in [1.165, 1.54) is 32.2 Å². The fourth-order valence-electron chi connectivity index (χ4n) is 3.79. The van der Waals surface area contributed by atoms with Crippen molar-refractivity contribution in [1.29, 1.82) is 0 Å². The highest BCUT2D eigenvalue weighted by molar-refractivity contribution is 14.0. The van der Waals surface area contributed by atoms with Crippen molar-refractivity contribution in [2.45, 2.75) is 38.7 Å². The Morgan fingerprint density at radius 1 is 1.32 bits per heavy atom. The summed E-state index contributed by atoms with van der Waals surface area (Å²) in [6.45, 7) is 9.09. The molecule has 128 valence electrons. The lowest BCUT2D eigenvalue weighted by Crippen LogP contribution is -2.44. The number of halogens is 1. The van der Waals surface area contributed by atoms with Crippen LogP contribution in [0.1, 0.15) is 32.6 Å². The van der Waals surface area contributed by atoms with Gasteiger partial charge in [0.25, 0.3) is 0 Å². The molecule has 3 rings (SSSR count). The highest BCUT2D eigenvalue weighted by Gasteiger charge is 2.43. The predicted molar refractivity (Wildman–Crippen MR) is 101 cm³/mol. The molecule has 1 atom stereocenters. The lowest BCUT2D eigenvalue weighted by Gasteiger charge is -2.38. The average molecular weight is 422 g/mol. The van der Waals surface area contributed by atoms with Gasteiger partial charge in [0.1, 0.15) is 0 Å². The summed E-state index contributed by atoms with van der Waals surface area (Å²) in [5.74, 6) is 1.10. The quantitative estimate of drug-likeness (QED) is 0.428. The zero-order valence-corrected chi connectivity index (χ0v) is 16.3. The van der Waals surface area contributed by atoms with Crippen molar-refractivity contribution in [3.05, 3.63) is 0 Å². The first-order valence-electron chi connectivity index (χ1n) is 8.54. The Balaban J connectivity index is 0.00000176. The van der Waals surface area contributed by atoms with E-state index in [4.69, 9.17) is 9.73 Å². The fraction of sp³-hybridized carbons (Fsp3) is 0.938. The fourth-order valence-corrected chi connectivity index (χ4v) is 3.79. The largest absolute Gasteiger partial charge is 0.374 e. The highest BCUT2D eigenvalue weighted by atomic mass is 127. The van der Waals surface area contributed by atoms with E-state index in [-0.39, 0.29) is 30.1 Å². The molecular weight excluding hydrogens is 391 g/mol. The molecule has 5 nitrogen and oxygen atoms in total. The molecule has 0 radical (unpaired) electrons. The van der Waals surface area contributed by atoms with Crippen LogP contribution in [-0.4, -0.2) is 74.8 Å². The van der Waals surface area contributed by atoms with E-state index in [0.29, 0.717) is 5.41 Å². The van der Waals surface area contributed by atoms with Gasteiger partial charge in [0.15, 0.2) is 5.96 Å². The molecule has 1 spiro atoms. The molecule has 2 saturated heterocycles. The molecule has 0 amide bonds. The van der Waals surface area contributed by atoms with Crippen molar-refractivity contribution < 1.29 is 4.74 Å². The Labute approximate surface area is 151 Å². The molecule has 0 aromatic rings. The molecule has 1 unspecified atom stereocenters. The van der Waals surface area contributed by atoms with Crippen molar-refractivity contribution >= 4 is 29.9 Å². The summed E-state index contributed by atoms with van der Waals surface area (Å²) in [7, 11) is 2.16. The van der Waals surface area contributed by atoms with Gasteiger partial charge in [0.2, 0.25) is 0 Å². The van der Waals surface area contributed by atoms with Crippen LogP contribution in [0.15, 0.2) is 4.99 Å². The normalized spacial score (nSPS) is 28.4. The van der Waals surface area contributed by atoms with E-state index < -0.39 is 0 Å². The SMILES string of the molecule is CCNC(=NCC1CN(C)CCO1)N1CCC2(CCC2)C1.I. The number of hydrogen-bond donors (Lipinski definition) is 1. The Kier molecular flexibility index (Phi) is 6.76. The van der Waals surface area contributed by atoms with Gasteiger partial charge in [-0.3, -0.25) is 4.99 Å². The number of rotatable bonds is 3. The number of ether oxygens (including phenoxy) is 1. The number of likely N-dealkylation sites (N-methyl/N-ethyl adjacent to an activating group) is 1. The summed E-state index contributed by atoms with van der Waals surface area (Å²) < 4.78 is 5.82. The summed E-state index contributed by atoms with van der Waals surface area (Å²) in [5.41, 5.74) is 0.623. The summed E-state index contributed by atoms with van der Waals surface area (Å²) in [4.78, 5) is 9.65. The van der Waals surface area contributed by atoms with Gasteiger partial charge in [-0.05, 0) is 38.6 Å². The maximum Gasteiger partial charge on any atom is 0.194 e. The lowest BCUT2D eigenvalue weighted by molar-refractivity contribution is -0.0137. The third-order valence-electron chi connectivity index (χ3n) is 5.27. The molecule has 22 heavy (non-hydrogen) atoms. The monoisotopic (exact) mass is 422 g/mol. The number of morpholine rings is 1. The average Bonchev–Trinajstić information content (AvgIpc) is 2.89. The third kappa shape index (κ3) is 4.26. The van der Waals surface area contributed by atoms with E-state index in [0.717, 1.165) is 45.3 Å². The number of likely N-dealkylation sites (tertiary alicyclic amines) is 1. The standard InChI is InChI=1S/C16H30N4O.HI/c1-3-17-15(18-11-14-12-19(2)9-10-21-14)20-8-7-16(13-20)5-4-6-16;/h14H,3-13H2,1-2H3,(H,17,18);1H. The lowest BCUT2D eigenvalue weighted by atomic mass is 9.68. The Hall–Kier alpha value is -0.0800. The first-order chi connectivity index (χ1) is 10.2. The first kappa shape index (κ1) is 18.3. The molecule has 0 aromatic heterocycles. The summed E-state index contributed by atoms with van der Waals surface area (Å²) in [6, 6.07) is 0. The van der Waals surface area contributed by atoms with E-state index in [2.05, 4.69) is 29.1 Å². The van der Waals surface area contributed by atoms with Crippen LogP contribution in [0.4, 0.5) is 0 Å². The van der Waals surface area contributed by atoms with E-state index in [9.17, 15) is 0 Å². The van der Waals surface area contributed by atoms with Gasteiger partial charge in [0.05, 0.1) is 19.3 Å². The van der Waals surface area contributed by atoms with Crippen LogP contribution in [0.25, 0.3) is 0 Å². The minimum absolute atomic E-state index is 0.